The smallest absolute Gasteiger partial charge is 0.155 e. The molecule has 0 unspecified atom stereocenters. The summed E-state index contributed by atoms with van der Waals surface area (Å²) in [6.07, 6.45) is 6.14. The van der Waals surface area contributed by atoms with Gasteiger partial charge in [-0.15, -0.1) is 11.3 Å². The third-order valence-corrected chi connectivity index (χ3v) is 4.85. The van der Waals surface area contributed by atoms with Crippen molar-refractivity contribution in [3.05, 3.63) is 40.6 Å². The zero-order valence-corrected chi connectivity index (χ0v) is 12.5. The summed E-state index contributed by atoms with van der Waals surface area (Å²) in [7, 11) is 0. The number of H-pyrrole nitrogens is 1. The molecule has 0 saturated carbocycles. The van der Waals surface area contributed by atoms with Crippen molar-refractivity contribution in [2.75, 3.05) is 13.1 Å². The Morgan fingerprint density at radius 1 is 1.38 bits per heavy atom. The maximum Gasteiger partial charge on any atom is 0.155 e. The minimum absolute atomic E-state index is 0.506. The van der Waals surface area contributed by atoms with Crippen LogP contribution < -0.4 is 0 Å². The van der Waals surface area contributed by atoms with Crippen molar-refractivity contribution in [3.8, 4) is 0 Å². The van der Waals surface area contributed by atoms with Gasteiger partial charge in [0, 0.05) is 35.1 Å². The molecule has 21 heavy (non-hydrogen) atoms. The molecular weight excluding hydrogens is 282 g/mol. The Hall–Kier alpha value is -1.79. The van der Waals surface area contributed by atoms with E-state index in [4.69, 9.17) is 4.98 Å². The van der Waals surface area contributed by atoms with Crippen molar-refractivity contribution >= 4 is 22.4 Å². The van der Waals surface area contributed by atoms with Crippen LogP contribution in [0.1, 0.15) is 29.5 Å². The van der Waals surface area contributed by atoms with Crippen molar-refractivity contribution < 1.29 is 0 Å². The molecule has 0 aliphatic carbocycles. The van der Waals surface area contributed by atoms with E-state index < -0.39 is 0 Å². The predicted molar refractivity (Wildman–Crippen MR) is 83.3 cm³/mol. The SMILES string of the molecule is c1csc(CN2CCC[C@H](c3ccc4cn[nH]c4n3)C2)n1. The van der Waals surface area contributed by atoms with Crippen molar-refractivity contribution in [1.82, 2.24) is 25.1 Å². The molecular formula is C15H17N5S. The second kappa shape index (κ2) is 5.54. The number of nitrogens with zero attached hydrogens (tertiary/aromatic N) is 4. The second-order valence-electron chi connectivity index (χ2n) is 5.54. The highest BCUT2D eigenvalue weighted by atomic mass is 32.1. The number of hydrogen-bond donors (Lipinski definition) is 1. The largest absolute Gasteiger partial charge is 0.296 e. The van der Waals surface area contributed by atoms with Crippen LogP contribution in [0.15, 0.2) is 29.9 Å². The fraction of sp³-hybridized carbons (Fsp3) is 0.400. The normalized spacial score (nSPS) is 20.1. The van der Waals surface area contributed by atoms with Crippen LogP contribution >= 0.6 is 11.3 Å². The average molecular weight is 299 g/mol. The third-order valence-electron chi connectivity index (χ3n) is 4.09. The summed E-state index contributed by atoms with van der Waals surface area (Å²) in [5.74, 6) is 0.506. The zero-order valence-electron chi connectivity index (χ0n) is 11.7. The zero-order chi connectivity index (χ0) is 14.1. The summed E-state index contributed by atoms with van der Waals surface area (Å²) in [6, 6.07) is 4.26. The number of fused-ring (bicyclic) bond motifs is 1. The van der Waals surface area contributed by atoms with Crippen LogP contribution in [0.4, 0.5) is 0 Å². The van der Waals surface area contributed by atoms with E-state index in [1.165, 1.54) is 23.5 Å². The number of piperidine rings is 1. The summed E-state index contributed by atoms with van der Waals surface area (Å²) in [6.45, 7) is 3.18. The first-order valence-electron chi connectivity index (χ1n) is 7.29. The van der Waals surface area contributed by atoms with Crippen molar-refractivity contribution in [2.45, 2.75) is 25.3 Å². The van der Waals surface area contributed by atoms with Crippen LogP contribution in [0.3, 0.4) is 0 Å². The molecule has 6 heteroatoms. The molecule has 1 aliphatic heterocycles. The van der Waals surface area contributed by atoms with E-state index in [1.807, 2.05) is 17.8 Å². The van der Waals surface area contributed by atoms with Gasteiger partial charge in [-0.3, -0.25) is 10.00 Å². The quantitative estimate of drug-likeness (QED) is 0.808. The van der Waals surface area contributed by atoms with Crippen LogP contribution in [0, 0.1) is 0 Å². The highest BCUT2D eigenvalue weighted by Gasteiger charge is 2.23. The lowest BCUT2D eigenvalue weighted by atomic mass is 9.94. The van der Waals surface area contributed by atoms with E-state index in [1.54, 1.807) is 11.3 Å². The van der Waals surface area contributed by atoms with Gasteiger partial charge in [-0.05, 0) is 31.5 Å². The van der Waals surface area contributed by atoms with E-state index in [0.717, 1.165) is 30.7 Å². The third kappa shape index (κ3) is 2.69. The lowest BCUT2D eigenvalue weighted by molar-refractivity contribution is 0.198. The van der Waals surface area contributed by atoms with Crippen molar-refractivity contribution in [1.29, 1.82) is 0 Å². The van der Waals surface area contributed by atoms with Gasteiger partial charge < -0.3 is 0 Å². The Morgan fingerprint density at radius 3 is 3.29 bits per heavy atom. The highest BCUT2D eigenvalue weighted by molar-refractivity contribution is 7.09. The molecule has 1 saturated heterocycles. The summed E-state index contributed by atoms with van der Waals surface area (Å²) >= 11 is 1.73. The molecule has 0 amide bonds. The first kappa shape index (κ1) is 12.9. The van der Waals surface area contributed by atoms with Crippen LogP contribution in [-0.4, -0.2) is 38.2 Å². The van der Waals surface area contributed by atoms with Crippen LogP contribution in [0.2, 0.25) is 0 Å². The first-order valence-corrected chi connectivity index (χ1v) is 8.17. The molecule has 4 rings (SSSR count). The summed E-state index contributed by atoms with van der Waals surface area (Å²) in [5, 5.41) is 11.3. The Bertz CT molecular complexity index is 721. The monoisotopic (exact) mass is 299 g/mol. The number of rotatable bonds is 3. The van der Waals surface area contributed by atoms with E-state index in [-0.39, 0.29) is 0 Å². The number of likely N-dealkylation sites (tertiary alicyclic amines) is 1. The lowest BCUT2D eigenvalue weighted by Gasteiger charge is -2.31. The molecule has 1 aliphatic rings. The molecule has 1 N–H and O–H groups in total. The number of thiazole rings is 1. The minimum Gasteiger partial charge on any atom is -0.296 e. The van der Waals surface area contributed by atoms with Gasteiger partial charge in [0.05, 0.1) is 12.7 Å². The highest BCUT2D eigenvalue weighted by Crippen LogP contribution is 2.27. The molecule has 5 nitrogen and oxygen atoms in total. The van der Waals surface area contributed by atoms with Crippen molar-refractivity contribution in [2.24, 2.45) is 0 Å². The number of nitrogens with one attached hydrogen (secondary N) is 1. The van der Waals surface area contributed by atoms with Gasteiger partial charge in [-0.1, -0.05) is 0 Å². The fourth-order valence-electron chi connectivity index (χ4n) is 3.03. The molecule has 0 bridgehead atoms. The van der Waals surface area contributed by atoms with Gasteiger partial charge in [0.2, 0.25) is 0 Å². The molecule has 4 heterocycles. The van der Waals surface area contributed by atoms with E-state index in [9.17, 15) is 0 Å². The Morgan fingerprint density at radius 2 is 2.38 bits per heavy atom. The number of aromatic nitrogens is 4. The van der Waals surface area contributed by atoms with Gasteiger partial charge >= 0.3 is 0 Å². The van der Waals surface area contributed by atoms with E-state index >= 15 is 0 Å². The average Bonchev–Trinajstić information content (AvgIpc) is 3.17. The van der Waals surface area contributed by atoms with Gasteiger partial charge in [-0.2, -0.15) is 5.10 Å². The minimum atomic E-state index is 0.506. The van der Waals surface area contributed by atoms with E-state index in [2.05, 4.69) is 32.2 Å². The maximum absolute atomic E-state index is 4.73. The Kier molecular flexibility index (Phi) is 3.40. The standard InChI is InChI=1S/C15H17N5S/c1-2-12(9-20(6-1)10-14-16-5-7-21-14)13-4-3-11-8-17-19-15(11)18-13/h3-5,7-8,12H,1-2,6,9-10H2,(H,17,18,19)/t12-/m0/s1. The summed E-state index contributed by atoms with van der Waals surface area (Å²) < 4.78 is 0. The number of hydrogen-bond acceptors (Lipinski definition) is 5. The first-order chi connectivity index (χ1) is 10.4. The van der Waals surface area contributed by atoms with Crippen molar-refractivity contribution in [3.63, 3.8) is 0 Å². The van der Waals surface area contributed by atoms with Gasteiger partial charge in [0.25, 0.3) is 0 Å². The Labute approximate surface area is 127 Å². The number of aromatic amines is 1. The molecule has 0 aromatic carbocycles. The van der Waals surface area contributed by atoms with Crippen LogP contribution in [0.25, 0.3) is 11.0 Å². The van der Waals surface area contributed by atoms with Gasteiger partial charge in [-0.25, -0.2) is 9.97 Å². The molecule has 0 spiro atoms. The number of pyridine rings is 1. The molecule has 3 aromatic heterocycles. The molecule has 0 radical (unpaired) electrons. The van der Waals surface area contributed by atoms with Gasteiger partial charge in [0.1, 0.15) is 5.01 Å². The van der Waals surface area contributed by atoms with Gasteiger partial charge in [0.15, 0.2) is 5.65 Å². The molecule has 108 valence electrons. The summed E-state index contributed by atoms with van der Waals surface area (Å²) in [4.78, 5) is 11.6. The molecule has 3 aromatic rings. The topological polar surface area (TPSA) is 57.7 Å². The molecule has 1 fully saturated rings. The fourth-order valence-corrected chi connectivity index (χ4v) is 3.69. The second-order valence-corrected chi connectivity index (χ2v) is 6.52. The Balaban J connectivity index is 1.51. The maximum atomic E-state index is 4.73. The van der Waals surface area contributed by atoms with E-state index in [0.29, 0.717) is 5.92 Å². The van der Waals surface area contributed by atoms with Crippen LogP contribution in [0.5, 0.6) is 0 Å². The molecule has 1 atom stereocenters. The summed E-state index contributed by atoms with van der Waals surface area (Å²) in [5.41, 5.74) is 2.07. The predicted octanol–water partition coefficient (Wildman–Crippen LogP) is 2.79. The van der Waals surface area contributed by atoms with Crippen LogP contribution in [-0.2, 0) is 6.54 Å². The lowest BCUT2D eigenvalue weighted by Crippen LogP contribution is -2.34.